The number of aromatic amines is 1. The van der Waals surface area contributed by atoms with Crippen molar-refractivity contribution in [1.82, 2.24) is 44.7 Å². The van der Waals surface area contributed by atoms with E-state index in [1.54, 1.807) is 40.2 Å². The lowest BCUT2D eigenvalue weighted by Gasteiger charge is -2.24. The number of nitrogens with zero attached hydrogens (tertiary/aromatic N) is 8. The van der Waals surface area contributed by atoms with E-state index in [9.17, 15) is 10.2 Å². The Morgan fingerprint density at radius 2 is 1.10 bits per heavy atom. The number of thiophene rings is 3. The third kappa shape index (κ3) is 13.4. The molecule has 9 aromatic rings. The van der Waals surface area contributed by atoms with Crippen LogP contribution in [0.5, 0.6) is 0 Å². The van der Waals surface area contributed by atoms with Gasteiger partial charge in [0.05, 0.1) is 85.9 Å². The Kier molecular flexibility index (Phi) is 16.9. The molecule has 0 aromatic carbocycles. The molecule has 2 aliphatic carbocycles. The first-order chi connectivity index (χ1) is 38.4. The van der Waals surface area contributed by atoms with E-state index in [2.05, 4.69) is 141 Å². The molecule has 9 aromatic heterocycles. The van der Waals surface area contributed by atoms with Gasteiger partial charge in [-0.3, -0.25) is 5.10 Å². The average molecular weight is 1210 g/mol. The second-order valence-electron chi connectivity index (χ2n) is 23.4. The molecule has 4 aliphatic rings. The molecule has 4 fully saturated rings. The van der Waals surface area contributed by atoms with Gasteiger partial charge in [-0.25, -0.2) is 24.3 Å². The van der Waals surface area contributed by atoms with Crippen LogP contribution in [0.15, 0.2) is 77.7 Å². The Balaban J connectivity index is 0.000000129. The van der Waals surface area contributed by atoms with Crippen molar-refractivity contribution in [2.45, 2.75) is 166 Å². The molecule has 0 amide bonds. The van der Waals surface area contributed by atoms with E-state index >= 15 is 0 Å². The number of pyridine rings is 3. The number of nitrogens with two attached hydrogens (primary N) is 1. The summed E-state index contributed by atoms with van der Waals surface area (Å²) >= 11 is 8.84. The van der Waals surface area contributed by atoms with Crippen molar-refractivity contribution in [2.75, 3.05) is 40.2 Å². The molecule has 22 heteroatoms. The number of ether oxygens (including phenoxy) is 2. The quantitative estimate of drug-likeness (QED) is 0.0601. The maximum Gasteiger partial charge on any atom is 0.150 e. The summed E-state index contributed by atoms with van der Waals surface area (Å²) in [4.78, 5) is 17.5. The molecule has 80 heavy (non-hydrogen) atoms. The van der Waals surface area contributed by atoms with Crippen LogP contribution in [0.2, 0.25) is 0 Å². The number of rotatable bonds is 11. The van der Waals surface area contributed by atoms with Crippen LogP contribution in [0, 0.1) is 0 Å². The minimum Gasteiger partial charge on any atom is -0.393 e. The molecule has 0 radical (unpaired) electrons. The maximum absolute atomic E-state index is 10.00. The van der Waals surface area contributed by atoms with E-state index in [-0.39, 0.29) is 47.8 Å². The molecule has 2 unspecified atom stereocenters. The SMILES string of the molecule is CC(C)(C)Nc1cc(Br)c2sc(-c3ccnn3C3CCCCO3)cc2n1.CC(C)(C)Nc1cc(N[C@H]2CC[C@H](O)C2)c2sc(-c3ccnn3C3CCCCO3)cc2n1.Nc1cc(N[C@H]2CC[C@H](O)C2)c2sc(-c3ccn[nH]3)cc2n1. The third-order valence-corrected chi connectivity index (χ3v) is 18.9. The number of nitrogen functional groups attached to an aromatic ring is 1. The van der Waals surface area contributed by atoms with E-state index in [0.29, 0.717) is 5.82 Å². The van der Waals surface area contributed by atoms with Gasteiger partial charge >= 0.3 is 0 Å². The highest BCUT2D eigenvalue weighted by atomic mass is 79.9. The summed E-state index contributed by atoms with van der Waals surface area (Å²) in [5.41, 5.74) is 13.9. The average Bonchev–Trinajstić information content (AvgIpc) is 4.29. The van der Waals surface area contributed by atoms with Gasteiger partial charge in [0, 0.05) is 71.6 Å². The summed E-state index contributed by atoms with van der Waals surface area (Å²) in [5, 5.41) is 50.0. The molecule has 0 bridgehead atoms. The number of H-pyrrole nitrogens is 1. The third-order valence-electron chi connectivity index (χ3n) is 14.4. The molecule has 11 heterocycles. The second kappa shape index (κ2) is 24.0. The van der Waals surface area contributed by atoms with Gasteiger partial charge in [0.1, 0.15) is 17.5 Å². The number of aromatic nitrogens is 9. The number of halogens is 1. The predicted molar refractivity (Wildman–Crippen MR) is 330 cm³/mol. The zero-order valence-electron chi connectivity index (χ0n) is 46.3. The predicted octanol–water partition coefficient (Wildman–Crippen LogP) is 13.8. The number of hydrogen-bond acceptors (Lipinski definition) is 18. The van der Waals surface area contributed by atoms with Gasteiger partial charge in [0.2, 0.25) is 0 Å². The van der Waals surface area contributed by atoms with E-state index in [1.165, 1.54) is 12.8 Å². The minimum atomic E-state index is -0.208. The second-order valence-corrected chi connectivity index (χ2v) is 27.4. The normalized spacial score (nSPS) is 21.6. The van der Waals surface area contributed by atoms with E-state index in [4.69, 9.17) is 25.2 Å². The van der Waals surface area contributed by atoms with Gasteiger partial charge in [-0.05, 0) is 177 Å². The molecule has 424 valence electrons. The monoisotopic (exact) mass is 1200 g/mol. The number of anilines is 5. The summed E-state index contributed by atoms with van der Waals surface area (Å²) in [6.45, 7) is 14.4. The van der Waals surface area contributed by atoms with E-state index in [0.717, 1.165) is 167 Å². The highest BCUT2D eigenvalue weighted by Gasteiger charge is 2.28. The van der Waals surface area contributed by atoms with Crippen LogP contribution in [0.1, 0.15) is 131 Å². The molecule has 2 saturated heterocycles. The lowest BCUT2D eigenvalue weighted by atomic mass is 10.1. The molecule has 6 atom stereocenters. The summed E-state index contributed by atoms with van der Waals surface area (Å²) in [6, 6.07) is 19.0. The van der Waals surface area contributed by atoms with Crippen LogP contribution >= 0.6 is 49.9 Å². The standard InChI is InChI=1S/C24H33N5O2S.C19H23BrN4OS.C15H17N5OS/c1-24(2,3)28-21-14-18(26-15-7-8-16(30)12-15)23-17(27-21)13-20(32-23)19-9-10-25-29(19)22-6-4-5-11-31-22;1-19(2,3)23-16-10-12(20)18-13(22-16)11-15(26-18)14-7-8-21-24(14)17-6-4-5-9-25-17;16-14-7-12(18-8-1-2-9(21)5-8)15-11(19-14)6-13(22-15)10-3-4-17-20-10/h9-10,13-16,22,30H,4-8,11-12H2,1-3H3,(H2,26,27,28);7-8,10-11,17H,4-6,9H2,1-3H3,(H,22,23);3-4,6-9,21H,1-2,5H2,(H,17,20)(H3,16,18,19)/t15-,16-,22?;;8-,9-/m0.0/s1. The maximum atomic E-state index is 10.00. The molecule has 2 saturated carbocycles. The van der Waals surface area contributed by atoms with Gasteiger partial charge in [0.25, 0.3) is 0 Å². The number of aliphatic hydroxyl groups excluding tert-OH is 2. The van der Waals surface area contributed by atoms with Crippen molar-refractivity contribution < 1.29 is 19.7 Å². The first-order valence-corrected chi connectivity index (χ1v) is 31.2. The van der Waals surface area contributed by atoms with Crippen molar-refractivity contribution in [3.8, 4) is 31.7 Å². The van der Waals surface area contributed by atoms with Crippen molar-refractivity contribution >= 4 is 109 Å². The van der Waals surface area contributed by atoms with Gasteiger partial charge in [-0.2, -0.15) is 15.3 Å². The summed E-state index contributed by atoms with van der Waals surface area (Å²) in [6.07, 6.45) is 16.9. The molecular weight excluding hydrogens is 1130 g/mol. The number of nitrogens with one attached hydrogen (secondary N) is 5. The van der Waals surface area contributed by atoms with Crippen LogP contribution in [0.4, 0.5) is 28.8 Å². The van der Waals surface area contributed by atoms with Crippen molar-refractivity contribution in [1.29, 1.82) is 0 Å². The fraction of sp³-hybridized carbons (Fsp3) is 0.483. The Labute approximate surface area is 486 Å². The van der Waals surface area contributed by atoms with E-state index in [1.807, 2.05) is 40.0 Å². The highest BCUT2D eigenvalue weighted by molar-refractivity contribution is 9.10. The van der Waals surface area contributed by atoms with Crippen LogP contribution in [0.25, 0.3) is 62.4 Å². The molecular formula is C58H73BrN14O4S3. The van der Waals surface area contributed by atoms with Crippen molar-refractivity contribution in [2.24, 2.45) is 0 Å². The summed E-state index contributed by atoms with van der Waals surface area (Å²) < 4.78 is 20.4. The molecule has 18 nitrogen and oxygen atoms in total. The highest BCUT2D eigenvalue weighted by Crippen LogP contribution is 2.43. The molecule has 2 aliphatic heterocycles. The molecule has 9 N–H and O–H groups in total. The van der Waals surface area contributed by atoms with Crippen LogP contribution < -0.4 is 27.0 Å². The Bertz CT molecular complexity index is 3530. The first kappa shape index (κ1) is 56.2. The van der Waals surface area contributed by atoms with E-state index < -0.39 is 0 Å². The molecule has 13 rings (SSSR count). The number of aliphatic hydroxyl groups is 2. The zero-order chi connectivity index (χ0) is 55.7. The fourth-order valence-electron chi connectivity index (χ4n) is 10.9. The summed E-state index contributed by atoms with van der Waals surface area (Å²) in [7, 11) is 0. The molecule has 0 spiro atoms. The zero-order valence-corrected chi connectivity index (χ0v) is 50.3. The van der Waals surface area contributed by atoms with Crippen molar-refractivity contribution in [3.63, 3.8) is 0 Å². The number of hydrogen-bond donors (Lipinski definition) is 8. The number of fused-ring (bicyclic) bond motifs is 3. The van der Waals surface area contributed by atoms with Crippen LogP contribution in [-0.4, -0.2) is 104 Å². The van der Waals surface area contributed by atoms with Gasteiger partial charge in [0.15, 0.2) is 12.5 Å². The van der Waals surface area contributed by atoms with Gasteiger partial charge in [-0.1, -0.05) is 0 Å². The Morgan fingerprint density at radius 1 is 0.600 bits per heavy atom. The Hall–Kier alpha value is -5.72. The van der Waals surface area contributed by atoms with Crippen molar-refractivity contribution in [3.05, 3.63) is 77.7 Å². The van der Waals surface area contributed by atoms with Crippen LogP contribution in [0.3, 0.4) is 0 Å². The lowest BCUT2D eigenvalue weighted by Crippen LogP contribution is -2.26. The lowest BCUT2D eigenvalue weighted by molar-refractivity contribution is -0.0384. The van der Waals surface area contributed by atoms with Gasteiger partial charge in [-0.15, -0.1) is 34.0 Å². The first-order valence-electron chi connectivity index (χ1n) is 28.0. The largest absolute Gasteiger partial charge is 0.393 e. The smallest absolute Gasteiger partial charge is 0.150 e. The van der Waals surface area contributed by atoms with Gasteiger partial charge < -0.3 is 46.7 Å². The minimum absolute atomic E-state index is 0.00242. The van der Waals surface area contributed by atoms with Crippen LogP contribution in [-0.2, 0) is 9.47 Å². The Morgan fingerprint density at radius 3 is 1.60 bits per heavy atom. The summed E-state index contributed by atoms with van der Waals surface area (Å²) in [5.74, 6) is 2.24. The topological polar surface area (TPSA) is 236 Å². The fourth-order valence-corrected chi connectivity index (χ4v) is 14.7.